The lowest BCUT2D eigenvalue weighted by Gasteiger charge is -2.13. The first-order valence-electron chi connectivity index (χ1n) is 6.17. The van der Waals surface area contributed by atoms with Crippen molar-refractivity contribution in [2.75, 3.05) is 0 Å². The molecule has 0 bridgehead atoms. The number of carboxylic acid groups (broad SMARTS) is 1. The molecule has 21 heavy (non-hydrogen) atoms. The van der Waals surface area contributed by atoms with Crippen LogP contribution in [-0.2, 0) is 4.79 Å². The zero-order chi connectivity index (χ0) is 15.8. The highest BCUT2D eigenvalue weighted by Gasteiger charge is 2.21. The molecule has 7 heteroatoms. The Morgan fingerprint density at radius 3 is 2.76 bits per heavy atom. The SMILES string of the molecule is C#CCCC[C@H](NC(=O)c1cccc([N+](=O)[O-])c1)C(=O)O. The Labute approximate surface area is 121 Å². The molecule has 1 amide bonds. The molecule has 2 N–H and O–H groups in total. The van der Waals surface area contributed by atoms with Gasteiger partial charge in [-0.15, -0.1) is 12.3 Å². The quantitative estimate of drug-likeness (QED) is 0.343. The Morgan fingerprint density at radius 2 is 2.19 bits per heavy atom. The number of terminal acetylenes is 1. The molecular weight excluding hydrogens is 276 g/mol. The van der Waals surface area contributed by atoms with Crippen LogP contribution < -0.4 is 5.32 Å². The third kappa shape index (κ3) is 4.95. The van der Waals surface area contributed by atoms with E-state index in [-0.39, 0.29) is 17.7 Å². The number of nitro groups is 1. The third-order valence-electron chi connectivity index (χ3n) is 2.74. The van der Waals surface area contributed by atoms with Crippen LogP contribution >= 0.6 is 0 Å². The number of nitrogens with zero attached hydrogens (tertiary/aromatic N) is 1. The lowest BCUT2D eigenvalue weighted by molar-refractivity contribution is -0.384. The van der Waals surface area contributed by atoms with E-state index in [9.17, 15) is 19.7 Å². The summed E-state index contributed by atoms with van der Waals surface area (Å²) in [6.07, 6.45) is 6.15. The molecule has 0 spiro atoms. The normalized spacial score (nSPS) is 11.2. The van der Waals surface area contributed by atoms with E-state index in [1.807, 2.05) is 0 Å². The van der Waals surface area contributed by atoms with E-state index in [1.165, 1.54) is 18.2 Å². The highest BCUT2D eigenvalue weighted by atomic mass is 16.6. The van der Waals surface area contributed by atoms with Crippen LogP contribution in [-0.4, -0.2) is 27.9 Å². The summed E-state index contributed by atoms with van der Waals surface area (Å²) >= 11 is 0. The number of hydrogen-bond donors (Lipinski definition) is 2. The summed E-state index contributed by atoms with van der Waals surface area (Å²) < 4.78 is 0. The summed E-state index contributed by atoms with van der Waals surface area (Å²) in [7, 11) is 0. The third-order valence-corrected chi connectivity index (χ3v) is 2.74. The minimum Gasteiger partial charge on any atom is -0.480 e. The molecule has 0 aromatic heterocycles. The zero-order valence-electron chi connectivity index (χ0n) is 11.1. The van der Waals surface area contributed by atoms with Crippen molar-refractivity contribution in [1.82, 2.24) is 5.32 Å². The Hall–Kier alpha value is -2.88. The second-order valence-corrected chi connectivity index (χ2v) is 4.27. The summed E-state index contributed by atoms with van der Waals surface area (Å²) in [6, 6.07) is 4.00. The molecule has 1 aromatic carbocycles. The number of unbranched alkanes of at least 4 members (excludes halogenated alkanes) is 1. The Morgan fingerprint density at radius 1 is 1.48 bits per heavy atom. The van der Waals surface area contributed by atoms with E-state index < -0.39 is 22.8 Å². The highest BCUT2D eigenvalue weighted by Crippen LogP contribution is 2.13. The van der Waals surface area contributed by atoms with Crippen LogP contribution in [0, 0.1) is 22.5 Å². The molecule has 0 unspecified atom stereocenters. The van der Waals surface area contributed by atoms with Crippen LogP contribution in [0.4, 0.5) is 5.69 Å². The molecule has 0 heterocycles. The van der Waals surface area contributed by atoms with Crippen molar-refractivity contribution in [2.24, 2.45) is 0 Å². The van der Waals surface area contributed by atoms with E-state index in [1.54, 1.807) is 0 Å². The second-order valence-electron chi connectivity index (χ2n) is 4.27. The molecule has 7 nitrogen and oxygen atoms in total. The van der Waals surface area contributed by atoms with Gasteiger partial charge in [-0.05, 0) is 18.9 Å². The fraction of sp³-hybridized carbons (Fsp3) is 0.286. The number of carbonyl (C=O) groups is 2. The number of hydrogen-bond acceptors (Lipinski definition) is 4. The maximum atomic E-state index is 11.9. The number of carboxylic acids is 1. The summed E-state index contributed by atoms with van der Waals surface area (Å²) in [4.78, 5) is 33.0. The Kier molecular flexibility index (Phi) is 5.89. The van der Waals surface area contributed by atoms with Crippen molar-refractivity contribution in [3.05, 3.63) is 39.9 Å². The molecule has 1 atom stereocenters. The number of amides is 1. The van der Waals surface area contributed by atoms with Crippen LogP contribution in [0.15, 0.2) is 24.3 Å². The van der Waals surface area contributed by atoms with Gasteiger partial charge < -0.3 is 10.4 Å². The topological polar surface area (TPSA) is 110 Å². The zero-order valence-corrected chi connectivity index (χ0v) is 11.1. The van der Waals surface area contributed by atoms with Gasteiger partial charge in [0, 0.05) is 24.1 Å². The summed E-state index contributed by atoms with van der Waals surface area (Å²) in [5, 5.41) is 22.0. The first-order valence-corrected chi connectivity index (χ1v) is 6.17. The predicted octanol–water partition coefficient (Wildman–Crippen LogP) is 1.58. The average Bonchev–Trinajstić information content (AvgIpc) is 2.46. The molecule has 1 rings (SSSR count). The van der Waals surface area contributed by atoms with Crippen molar-refractivity contribution in [3.8, 4) is 12.3 Å². The monoisotopic (exact) mass is 290 g/mol. The first-order chi connectivity index (χ1) is 9.95. The number of aliphatic carboxylic acids is 1. The summed E-state index contributed by atoms with van der Waals surface area (Å²) in [5.41, 5.74) is -0.200. The minimum atomic E-state index is -1.18. The van der Waals surface area contributed by atoms with E-state index in [0.717, 1.165) is 6.07 Å². The fourth-order valence-corrected chi connectivity index (χ4v) is 1.67. The van der Waals surface area contributed by atoms with Crippen LogP contribution in [0.1, 0.15) is 29.6 Å². The van der Waals surface area contributed by atoms with Gasteiger partial charge in [-0.25, -0.2) is 4.79 Å². The number of rotatable bonds is 7. The van der Waals surface area contributed by atoms with Crippen LogP contribution in [0.25, 0.3) is 0 Å². The smallest absolute Gasteiger partial charge is 0.326 e. The maximum absolute atomic E-state index is 11.9. The second kappa shape index (κ2) is 7.65. The molecule has 0 radical (unpaired) electrons. The fourth-order valence-electron chi connectivity index (χ4n) is 1.67. The van der Waals surface area contributed by atoms with Crippen molar-refractivity contribution in [3.63, 3.8) is 0 Å². The minimum absolute atomic E-state index is 0.0346. The molecule has 0 saturated heterocycles. The van der Waals surface area contributed by atoms with Gasteiger partial charge in [0.2, 0.25) is 0 Å². The van der Waals surface area contributed by atoms with Crippen LogP contribution in [0.3, 0.4) is 0 Å². The van der Waals surface area contributed by atoms with Crippen molar-refractivity contribution >= 4 is 17.6 Å². The predicted molar refractivity (Wildman–Crippen MR) is 74.7 cm³/mol. The number of carbonyl (C=O) groups excluding carboxylic acids is 1. The first kappa shape index (κ1) is 16.2. The average molecular weight is 290 g/mol. The van der Waals surface area contributed by atoms with E-state index in [4.69, 9.17) is 11.5 Å². The molecule has 0 aliphatic carbocycles. The van der Waals surface area contributed by atoms with Crippen molar-refractivity contribution < 1.29 is 19.6 Å². The number of non-ortho nitro benzene ring substituents is 1. The van der Waals surface area contributed by atoms with Gasteiger partial charge in [0.25, 0.3) is 11.6 Å². The Balaban J connectivity index is 2.77. The largest absolute Gasteiger partial charge is 0.480 e. The molecule has 0 fully saturated rings. The summed E-state index contributed by atoms with van der Waals surface area (Å²) in [5.74, 6) is 0.537. The van der Waals surface area contributed by atoms with Gasteiger partial charge in [0.1, 0.15) is 6.04 Å². The molecule has 0 saturated carbocycles. The highest BCUT2D eigenvalue weighted by molar-refractivity contribution is 5.97. The van der Waals surface area contributed by atoms with Crippen LogP contribution in [0.2, 0.25) is 0 Å². The lowest BCUT2D eigenvalue weighted by Crippen LogP contribution is -2.40. The van der Waals surface area contributed by atoms with E-state index in [0.29, 0.717) is 12.8 Å². The van der Waals surface area contributed by atoms with Crippen molar-refractivity contribution in [2.45, 2.75) is 25.3 Å². The molecular formula is C14H14N2O5. The van der Waals surface area contributed by atoms with E-state index in [2.05, 4.69) is 11.2 Å². The van der Waals surface area contributed by atoms with Crippen LogP contribution in [0.5, 0.6) is 0 Å². The number of nitrogens with one attached hydrogen (secondary N) is 1. The van der Waals surface area contributed by atoms with Gasteiger partial charge in [-0.1, -0.05) is 6.07 Å². The van der Waals surface area contributed by atoms with Gasteiger partial charge in [-0.2, -0.15) is 0 Å². The number of benzene rings is 1. The van der Waals surface area contributed by atoms with Crippen molar-refractivity contribution in [1.29, 1.82) is 0 Å². The standard InChI is InChI=1S/C14H14N2O5/c1-2-3-4-8-12(14(18)19)15-13(17)10-6-5-7-11(9-10)16(20)21/h1,5-7,9,12H,3-4,8H2,(H,15,17)(H,18,19)/t12-/m0/s1. The maximum Gasteiger partial charge on any atom is 0.326 e. The lowest BCUT2D eigenvalue weighted by atomic mass is 10.1. The van der Waals surface area contributed by atoms with Gasteiger partial charge in [0.05, 0.1) is 4.92 Å². The number of nitro benzene ring substituents is 1. The Bertz CT molecular complexity index is 591. The van der Waals surface area contributed by atoms with Gasteiger partial charge in [0.15, 0.2) is 0 Å². The molecule has 110 valence electrons. The molecule has 0 aliphatic heterocycles. The van der Waals surface area contributed by atoms with Gasteiger partial charge in [-0.3, -0.25) is 14.9 Å². The molecule has 1 aromatic rings. The summed E-state index contributed by atoms with van der Waals surface area (Å²) in [6.45, 7) is 0. The molecule has 0 aliphatic rings. The van der Waals surface area contributed by atoms with Gasteiger partial charge >= 0.3 is 5.97 Å². The van der Waals surface area contributed by atoms with E-state index >= 15 is 0 Å².